The molecule has 0 saturated heterocycles. The molecule has 0 unspecified atom stereocenters. The van der Waals surface area contributed by atoms with Crippen LogP contribution in [0.5, 0.6) is 17.2 Å². The average molecular weight is 423 g/mol. The highest BCUT2D eigenvalue weighted by molar-refractivity contribution is 9.10. The van der Waals surface area contributed by atoms with Crippen LogP contribution in [-0.2, 0) is 6.42 Å². The van der Waals surface area contributed by atoms with Gasteiger partial charge in [-0.25, -0.2) is 0 Å². The Balaban J connectivity index is 1.52. The number of hydrogen-bond acceptors (Lipinski definition) is 4. The lowest BCUT2D eigenvalue weighted by Gasteiger charge is -2.19. The van der Waals surface area contributed by atoms with E-state index in [4.69, 9.17) is 26.4 Å². The first kappa shape index (κ1) is 17.8. The standard InChI is InChI=1S/C18H19BrN2O3S/c1-22-15-4-2-13(19)10-12(15)6-7-20-18(25)21-14-3-5-16-17(11-14)24-9-8-23-16/h2-5,10-11H,6-9H2,1H3,(H2,20,21,25). The van der Waals surface area contributed by atoms with Crippen molar-refractivity contribution in [3.63, 3.8) is 0 Å². The Morgan fingerprint density at radius 1 is 1.16 bits per heavy atom. The van der Waals surface area contributed by atoms with Crippen LogP contribution in [0.3, 0.4) is 0 Å². The van der Waals surface area contributed by atoms with Crippen LogP contribution in [0.2, 0.25) is 0 Å². The SMILES string of the molecule is COc1ccc(Br)cc1CCNC(=S)Nc1ccc2c(c1)OCCO2. The summed E-state index contributed by atoms with van der Waals surface area (Å²) in [5.41, 5.74) is 1.98. The molecule has 7 heteroatoms. The lowest BCUT2D eigenvalue weighted by atomic mass is 10.1. The molecule has 25 heavy (non-hydrogen) atoms. The minimum Gasteiger partial charge on any atom is -0.496 e. The second kappa shape index (κ2) is 8.40. The summed E-state index contributed by atoms with van der Waals surface area (Å²) in [5, 5.41) is 6.93. The van der Waals surface area contributed by atoms with E-state index in [2.05, 4.69) is 32.6 Å². The van der Waals surface area contributed by atoms with Crippen LogP contribution in [0, 0.1) is 0 Å². The van der Waals surface area contributed by atoms with Crippen LogP contribution in [0.1, 0.15) is 5.56 Å². The van der Waals surface area contributed by atoms with E-state index in [-0.39, 0.29) is 0 Å². The van der Waals surface area contributed by atoms with E-state index < -0.39 is 0 Å². The fourth-order valence-corrected chi connectivity index (χ4v) is 3.18. The largest absolute Gasteiger partial charge is 0.496 e. The zero-order valence-electron chi connectivity index (χ0n) is 13.8. The molecule has 1 aliphatic heterocycles. The highest BCUT2D eigenvalue weighted by atomic mass is 79.9. The fourth-order valence-electron chi connectivity index (χ4n) is 2.55. The third kappa shape index (κ3) is 4.76. The summed E-state index contributed by atoms with van der Waals surface area (Å²) >= 11 is 8.84. The Kier molecular flexibility index (Phi) is 5.99. The first-order valence-corrected chi connectivity index (χ1v) is 9.13. The van der Waals surface area contributed by atoms with Crippen molar-refractivity contribution in [2.45, 2.75) is 6.42 Å². The molecule has 2 aromatic carbocycles. The molecule has 2 aromatic rings. The predicted octanol–water partition coefficient (Wildman–Crippen LogP) is 3.76. The maximum absolute atomic E-state index is 5.57. The van der Waals surface area contributed by atoms with E-state index in [1.54, 1.807) is 7.11 Å². The van der Waals surface area contributed by atoms with Gasteiger partial charge in [0.05, 0.1) is 7.11 Å². The minimum absolute atomic E-state index is 0.561. The molecule has 1 heterocycles. The number of halogens is 1. The van der Waals surface area contributed by atoms with Gasteiger partial charge in [0.15, 0.2) is 16.6 Å². The van der Waals surface area contributed by atoms with Crippen molar-refractivity contribution in [1.82, 2.24) is 5.32 Å². The Morgan fingerprint density at radius 2 is 1.96 bits per heavy atom. The van der Waals surface area contributed by atoms with E-state index in [0.29, 0.717) is 24.9 Å². The first-order valence-electron chi connectivity index (χ1n) is 7.92. The number of anilines is 1. The molecular formula is C18H19BrN2O3S. The molecule has 0 spiro atoms. The summed E-state index contributed by atoms with van der Waals surface area (Å²) in [4.78, 5) is 0. The summed E-state index contributed by atoms with van der Waals surface area (Å²) in [6, 6.07) is 11.7. The summed E-state index contributed by atoms with van der Waals surface area (Å²) in [6.07, 6.45) is 0.797. The summed E-state index contributed by atoms with van der Waals surface area (Å²) in [7, 11) is 1.67. The molecule has 1 aliphatic rings. The van der Waals surface area contributed by atoms with Crippen LogP contribution >= 0.6 is 28.1 Å². The predicted molar refractivity (Wildman–Crippen MR) is 106 cm³/mol. The normalized spacial score (nSPS) is 12.4. The molecule has 5 nitrogen and oxygen atoms in total. The van der Waals surface area contributed by atoms with Crippen LogP contribution < -0.4 is 24.8 Å². The van der Waals surface area contributed by atoms with Crippen molar-refractivity contribution in [3.8, 4) is 17.2 Å². The minimum atomic E-state index is 0.561. The van der Waals surface area contributed by atoms with E-state index >= 15 is 0 Å². The summed E-state index contributed by atoms with van der Waals surface area (Å²) < 4.78 is 17.5. The number of rotatable bonds is 5. The van der Waals surface area contributed by atoms with Gasteiger partial charge in [-0.1, -0.05) is 15.9 Å². The average Bonchev–Trinajstić information content (AvgIpc) is 2.62. The molecule has 0 atom stereocenters. The molecule has 0 fully saturated rings. The van der Waals surface area contributed by atoms with Crippen molar-refractivity contribution in [2.75, 3.05) is 32.2 Å². The van der Waals surface area contributed by atoms with Gasteiger partial charge in [-0.3, -0.25) is 0 Å². The zero-order chi connectivity index (χ0) is 17.6. The topological polar surface area (TPSA) is 51.8 Å². The second-order valence-corrected chi connectivity index (χ2v) is 6.77. The molecule has 0 saturated carbocycles. The zero-order valence-corrected chi connectivity index (χ0v) is 16.2. The Bertz CT molecular complexity index is 770. The quantitative estimate of drug-likeness (QED) is 0.715. The number of benzene rings is 2. The van der Waals surface area contributed by atoms with Gasteiger partial charge in [0.25, 0.3) is 0 Å². The highest BCUT2D eigenvalue weighted by Gasteiger charge is 2.12. The van der Waals surface area contributed by atoms with Gasteiger partial charge in [-0.2, -0.15) is 0 Å². The van der Waals surface area contributed by atoms with E-state index in [0.717, 1.165) is 39.4 Å². The van der Waals surface area contributed by atoms with Gasteiger partial charge in [0, 0.05) is 22.8 Å². The van der Waals surface area contributed by atoms with Crippen LogP contribution in [-0.4, -0.2) is 32.0 Å². The fraction of sp³-hybridized carbons (Fsp3) is 0.278. The Morgan fingerprint density at radius 3 is 2.76 bits per heavy atom. The van der Waals surface area contributed by atoms with Crippen LogP contribution in [0.25, 0.3) is 0 Å². The van der Waals surface area contributed by atoms with Crippen LogP contribution in [0.4, 0.5) is 5.69 Å². The molecule has 132 valence electrons. The molecular weight excluding hydrogens is 404 g/mol. The van der Waals surface area contributed by atoms with E-state index in [1.165, 1.54) is 0 Å². The van der Waals surface area contributed by atoms with Crippen molar-refractivity contribution in [2.24, 2.45) is 0 Å². The summed E-state index contributed by atoms with van der Waals surface area (Å²) in [6.45, 7) is 1.84. The van der Waals surface area contributed by atoms with Gasteiger partial charge >= 0.3 is 0 Å². The summed E-state index contributed by atoms with van der Waals surface area (Å²) in [5.74, 6) is 2.37. The van der Waals surface area contributed by atoms with Crippen molar-refractivity contribution >= 4 is 38.9 Å². The molecule has 0 amide bonds. The van der Waals surface area contributed by atoms with Crippen molar-refractivity contribution in [3.05, 3.63) is 46.4 Å². The molecule has 0 bridgehead atoms. The number of methoxy groups -OCH3 is 1. The third-order valence-corrected chi connectivity index (χ3v) is 4.46. The Hall–Kier alpha value is -1.99. The van der Waals surface area contributed by atoms with E-state index in [1.807, 2.05) is 30.3 Å². The number of fused-ring (bicyclic) bond motifs is 1. The first-order chi connectivity index (χ1) is 12.2. The lowest BCUT2D eigenvalue weighted by Crippen LogP contribution is -2.30. The number of ether oxygens (including phenoxy) is 3. The van der Waals surface area contributed by atoms with E-state index in [9.17, 15) is 0 Å². The lowest BCUT2D eigenvalue weighted by molar-refractivity contribution is 0.171. The number of thiocarbonyl (C=S) groups is 1. The molecule has 2 N–H and O–H groups in total. The van der Waals surface area contributed by atoms with Crippen LogP contribution in [0.15, 0.2) is 40.9 Å². The second-order valence-electron chi connectivity index (χ2n) is 5.45. The van der Waals surface area contributed by atoms with Crippen molar-refractivity contribution in [1.29, 1.82) is 0 Å². The van der Waals surface area contributed by atoms with Gasteiger partial charge in [0.1, 0.15) is 19.0 Å². The smallest absolute Gasteiger partial charge is 0.170 e. The van der Waals surface area contributed by atoms with Gasteiger partial charge in [-0.15, -0.1) is 0 Å². The van der Waals surface area contributed by atoms with Gasteiger partial charge in [-0.05, 0) is 54.5 Å². The highest BCUT2D eigenvalue weighted by Crippen LogP contribution is 2.32. The molecule has 0 aliphatic carbocycles. The maximum atomic E-state index is 5.57. The van der Waals surface area contributed by atoms with Gasteiger partial charge in [0.2, 0.25) is 0 Å². The maximum Gasteiger partial charge on any atom is 0.170 e. The number of hydrogen-bond donors (Lipinski definition) is 2. The van der Waals surface area contributed by atoms with Gasteiger partial charge < -0.3 is 24.8 Å². The Labute approximate surface area is 160 Å². The molecule has 0 radical (unpaired) electrons. The number of nitrogens with one attached hydrogen (secondary N) is 2. The molecule has 0 aromatic heterocycles. The molecule has 3 rings (SSSR count). The van der Waals surface area contributed by atoms with Crippen molar-refractivity contribution < 1.29 is 14.2 Å². The third-order valence-electron chi connectivity index (χ3n) is 3.72. The monoisotopic (exact) mass is 422 g/mol.